The summed E-state index contributed by atoms with van der Waals surface area (Å²) in [6.45, 7) is 6.25. The van der Waals surface area contributed by atoms with E-state index in [2.05, 4.69) is 21.9 Å². The first-order valence-corrected chi connectivity index (χ1v) is 9.09. The van der Waals surface area contributed by atoms with Crippen molar-refractivity contribution in [3.63, 3.8) is 0 Å². The Morgan fingerprint density at radius 2 is 2.11 bits per heavy atom. The van der Waals surface area contributed by atoms with E-state index in [4.69, 9.17) is 0 Å². The lowest BCUT2D eigenvalue weighted by Gasteiger charge is -2.05. The van der Waals surface area contributed by atoms with Gasteiger partial charge in [0.25, 0.3) is 0 Å². The molecule has 0 aliphatic carbocycles. The third-order valence-corrected chi connectivity index (χ3v) is 4.88. The zero-order chi connectivity index (χ0) is 14.1. The maximum Gasteiger partial charge on any atom is 0.211 e. The van der Waals surface area contributed by atoms with Crippen LogP contribution in [0.25, 0.3) is 0 Å². The normalized spacial score (nSPS) is 11.9. The second kappa shape index (κ2) is 8.63. The van der Waals surface area contributed by atoms with Crippen LogP contribution in [0.3, 0.4) is 0 Å². The van der Waals surface area contributed by atoms with Crippen LogP contribution in [-0.4, -0.2) is 32.2 Å². The predicted octanol–water partition coefficient (Wildman–Crippen LogP) is 1.65. The number of hydrogen-bond acceptors (Lipinski definition) is 5. The van der Waals surface area contributed by atoms with E-state index in [1.165, 1.54) is 11.3 Å². The fourth-order valence-corrected chi connectivity index (χ4v) is 3.47. The largest absolute Gasteiger partial charge is 0.317 e. The maximum atomic E-state index is 11.7. The molecule has 2 N–H and O–H groups in total. The summed E-state index contributed by atoms with van der Waals surface area (Å²) < 4.78 is 26.1. The van der Waals surface area contributed by atoms with Gasteiger partial charge in [-0.3, -0.25) is 0 Å². The van der Waals surface area contributed by atoms with E-state index in [0.717, 1.165) is 35.8 Å². The first kappa shape index (κ1) is 16.6. The fraction of sp³-hybridized carbons (Fsp3) is 0.750. The number of aryl methyl sites for hydroxylation is 1. The number of sulfonamides is 1. The highest BCUT2D eigenvalue weighted by Gasteiger charge is 2.10. The van der Waals surface area contributed by atoms with E-state index in [-0.39, 0.29) is 5.75 Å². The van der Waals surface area contributed by atoms with Crippen LogP contribution < -0.4 is 10.0 Å². The van der Waals surface area contributed by atoms with E-state index >= 15 is 0 Å². The van der Waals surface area contributed by atoms with Gasteiger partial charge in [-0.15, -0.1) is 11.3 Å². The minimum absolute atomic E-state index is 0.186. The molecule has 0 aliphatic rings. The van der Waals surface area contributed by atoms with E-state index in [1.54, 1.807) is 6.20 Å². The molecule has 0 aliphatic heterocycles. The number of nitrogens with one attached hydrogen (secondary N) is 2. The van der Waals surface area contributed by atoms with Crippen molar-refractivity contribution in [3.8, 4) is 0 Å². The van der Waals surface area contributed by atoms with Crippen LogP contribution in [-0.2, 0) is 16.6 Å². The van der Waals surface area contributed by atoms with E-state index in [9.17, 15) is 8.42 Å². The first-order valence-electron chi connectivity index (χ1n) is 6.63. The highest BCUT2D eigenvalue weighted by Crippen LogP contribution is 2.10. The molecule has 0 saturated heterocycles. The number of rotatable bonds is 10. The summed E-state index contributed by atoms with van der Waals surface area (Å²) in [5.74, 6) is 0.186. The van der Waals surface area contributed by atoms with Gasteiger partial charge in [-0.2, -0.15) is 0 Å². The Labute approximate surface area is 119 Å². The topological polar surface area (TPSA) is 71.1 Å². The van der Waals surface area contributed by atoms with Crippen molar-refractivity contribution in [3.05, 3.63) is 16.1 Å². The zero-order valence-corrected chi connectivity index (χ0v) is 13.2. The number of thiazole rings is 1. The van der Waals surface area contributed by atoms with E-state index < -0.39 is 10.0 Å². The van der Waals surface area contributed by atoms with Crippen molar-refractivity contribution < 1.29 is 8.42 Å². The molecule has 0 atom stereocenters. The van der Waals surface area contributed by atoms with Crippen LogP contribution >= 0.6 is 11.3 Å². The molecule has 0 fully saturated rings. The Bertz CT molecular complexity index is 457. The third kappa shape index (κ3) is 7.61. The molecule has 0 spiro atoms. The van der Waals surface area contributed by atoms with Crippen molar-refractivity contribution in [1.82, 2.24) is 15.0 Å². The Balaban J connectivity index is 2.17. The third-order valence-electron chi connectivity index (χ3n) is 2.56. The predicted molar refractivity (Wildman–Crippen MR) is 79.9 cm³/mol. The average Bonchev–Trinajstić information content (AvgIpc) is 2.77. The Hall–Kier alpha value is -0.500. The van der Waals surface area contributed by atoms with Gasteiger partial charge in [0.05, 0.1) is 12.3 Å². The zero-order valence-electron chi connectivity index (χ0n) is 11.6. The van der Waals surface area contributed by atoms with Gasteiger partial charge in [0.15, 0.2) is 0 Å². The molecule has 0 radical (unpaired) electrons. The molecular weight excluding hydrogens is 282 g/mol. The van der Waals surface area contributed by atoms with Crippen LogP contribution in [0, 0.1) is 6.92 Å². The Morgan fingerprint density at radius 1 is 1.32 bits per heavy atom. The summed E-state index contributed by atoms with van der Waals surface area (Å²) in [5, 5.41) is 4.07. The molecule has 1 aromatic heterocycles. The van der Waals surface area contributed by atoms with Crippen molar-refractivity contribution >= 4 is 21.4 Å². The van der Waals surface area contributed by atoms with Crippen molar-refractivity contribution in [2.45, 2.75) is 39.7 Å². The molecule has 1 aromatic rings. The average molecular weight is 305 g/mol. The molecule has 1 heterocycles. The van der Waals surface area contributed by atoms with E-state index in [0.29, 0.717) is 13.0 Å². The van der Waals surface area contributed by atoms with Gasteiger partial charge in [-0.1, -0.05) is 6.92 Å². The molecule has 0 aromatic carbocycles. The monoisotopic (exact) mass is 305 g/mol. The molecule has 0 amide bonds. The molecule has 7 heteroatoms. The second-order valence-electron chi connectivity index (χ2n) is 4.46. The summed E-state index contributed by atoms with van der Waals surface area (Å²) >= 11 is 1.52. The minimum atomic E-state index is -3.17. The molecular formula is C12H23N3O2S2. The number of nitrogens with zero attached hydrogens (tertiary/aromatic N) is 1. The smallest absolute Gasteiger partial charge is 0.211 e. The quantitative estimate of drug-likeness (QED) is 0.645. The lowest BCUT2D eigenvalue weighted by molar-refractivity contribution is 0.572. The SMILES string of the molecule is CCCNCCCCS(=O)(=O)NCc1ncc(C)s1. The van der Waals surface area contributed by atoms with Gasteiger partial charge >= 0.3 is 0 Å². The lowest BCUT2D eigenvalue weighted by Crippen LogP contribution is -2.26. The molecule has 5 nitrogen and oxygen atoms in total. The fourth-order valence-electron chi connectivity index (χ4n) is 1.57. The van der Waals surface area contributed by atoms with Crippen molar-refractivity contribution in [1.29, 1.82) is 0 Å². The molecule has 110 valence electrons. The van der Waals surface area contributed by atoms with Gasteiger partial charge in [0.1, 0.15) is 5.01 Å². The Kier molecular flexibility index (Phi) is 7.52. The second-order valence-corrected chi connectivity index (χ2v) is 7.71. The van der Waals surface area contributed by atoms with E-state index in [1.807, 2.05) is 6.92 Å². The summed E-state index contributed by atoms with van der Waals surface area (Å²) in [6, 6.07) is 0. The lowest BCUT2D eigenvalue weighted by atomic mass is 10.3. The highest BCUT2D eigenvalue weighted by molar-refractivity contribution is 7.89. The number of hydrogen-bond donors (Lipinski definition) is 2. The minimum Gasteiger partial charge on any atom is -0.317 e. The van der Waals surface area contributed by atoms with Crippen molar-refractivity contribution in [2.75, 3.05) is 18.8 Å². The summed E-state index contributed by atoms with van der Waals surface area (Å²) in [7, 11) is -3.17. The van der Waals surface area contributed by atoms with Crippen molar-refractivity contribution in [2.24, 2.45) is 0 Å². The van der Waals surface area contributed by atoms with Crippen LogP contribution in [0.2, 0.25) is 0 Å². The first-order chi connectivity index (χ1) is 9.03. The number of unbranched alkanes of at least 4 members (excludes halogenated alkanes) is 1. The molecule has 1 rings (SSSR count). The van der Waals surface area contributed by atoms with Gasteiger partial charge in [0.2, 0.25) is 10.0 Å². The van der Waals surface area contributed by atoms with Gasteiger partial charge in [-0.25, -0.2) is 18.1 Å². The van der Waals surface area contributed by atoms with Crippen LogP contribution in [0.1, 0.15) is 36.1 Å². The maximum absolute atomic E-state index is 11.7. The molecule has 0 bridgehead atoms. The number of aromatic nitrogens is 1. The van der Waals surface area contributed by atoms with Gasteiger partial charge < -0.3 is 5.32 Å². The van der Waals surface area contributed by atoms with Crippen LogP contribution in [0.4, 0.5) is 0 Å². The van der Waals surface area contributed by atoms with Crippen LogP contribution in [0.5, 0.6) is 0 Å². The molecule has 0 unspecified atom stereocenters. The van der Waals surface area contributed by atoms with Gasteiger partial charge in [-0.05, 0) is 39.3 Å². The molecule has 19 heavy (non-hydrogen) atoms. The summed E-state index contributed by atoms with van der Waals surface area (Å²) in [5.41, 5.74) is 0. The standard InChI is InChI=1S/C12H23N3O2S2/c1-3-6-13-7-4-5-8-19(16,17)15-10-12-14-9-11(2)18-12/h9,13,15H,3-8,10H2,1-2H3. The summed E-state index contributed by atoms with van der Waals surface area (Å²) in [6.07, 6.45) is 4.43. The highest BCUT2D eigenvalue weighted by atomic mass is 32.2. The molecule has 0 saturated carbocycles. The van der Waals surface area contributed by atoms with Crippen LogP contribution in [0.15, 0.2) is 6.20 Å². The summed E-state index contributed by atoms with van der Waals surface area (Å²) in [4.78, 5) is 5.22. The Morgan fingerprint density at radius 3 is 2.74 bits per heavy atom. The van der Waals surface area contributed by atoms with Gasteiger partial charge in [0, 0.05) is 11.1 Å².